The zero-order chi connectivity index (χ0) is 23.7. The first-order valence-corrected chi connectivity index (χ1v) is 13.9. The van der Waals surface area contributed by atoms with Gasteiger partial charge in [0.2, 0.25) is 0 Å². The van der Waals surface area contributed by atoms with Crippen molar-refractivity contribution < 1.29 is 19.1 Å². The lowest BCUT2D eigenvalue weighted by molar-refractivity contribution is -0.146. The second-order valence-electron chi connectivity index (χ2n) is 9.78. The van der Waals surface area contributed by atoms with Crippen LogP contribution in [0.5, 0.6) is 0 Å². The summed E-state index contributed by atoms with van der Waals surface area (Å²) in [4.78, 5) is 23.5. The molecule has 4 nitrogen and oxygen atoms in total. The van der Waals surface area contributed by atoms with Crippen molar-refractivity contribution in [1.29, 1.82) is 0 Å². The molecule has 0 radical (unpaired) electrons. The minimum absolute atomic E-state index is 0.133. The Bertz CT molecular complexity index is 420. The summed E-state index contributed by atoms with van der Waals surface area (Å²) in [5, 5.41) is 0. The molecule has 0 rings (SSSR count). The van der Waals surface area contributed by atoms with Crippen molar-refractivity contribution in [3.63, 3.8) is 0 Å². The number of carbonyl (C=O) groups is 2. The number of carbonyl (C=O) groups excluding carboxylic acids is 2. The standard InChI is InChI=1S/C28H54O4/c1-4-5-6-7-8-9-10-11-12-14-19-24-31-27(29)22-17-18-23-28(30)32-25-20-15-13-16-21-26(2)3/h26H,4-25H2,1-3H3. The van der Waals surface area contributed by atoms with E-state index in [1.165, 1.54) is 77.0 Å². The lowest BCUT2D eigenvalue weighted by Crippen LogP contribution is -2.08. The van der Waals surface area contributed by atoms with Gasteiger partial charge in [-0.2, -0.15) is 0 Å². The molecule has 190 valence electrons. The van der Waals surface area contributed by atoms with Crippen molar-refractivity contribution >= 4 is 11.9 Å². The van der Waals surface area contributed by atoms with E-state index in [1.807, 2.05) is 0 Å². The largest absolute Gasteiger partial charge is 0.466 e. The molecule has 0 heterocycles. The third-order valence-electron chi connectivity index (χ3n) is 5.96. The minimum atomic E-state index is -0.137. The van der Waals surface area contributed by atoms with Crippen LogP contribution in [0.3, 0.4) is 0 Å². The average Bonchev–Trinajstić information content (AvgIpc) is 2.76. The lowest BCUT2D eigenvalue weighted by atomic mass is 10.0. The highest BCUT2D eigenvalue weighted by Crippen LogP contribution is 2.12. The number of unbranched alkanes of at least 4 members (excludes halogenated alkanes) is 14. The Hall–Kier alpha value is -1.06. The molecule has 0 aromatic heterocycles. The fourth-order valence-electron chi connectivity index (χ4n) is 3.83. The van der Waals surface area contributed by atoms with Gasteiger partial charge in [0.15, 0.2) is 0 Å². The number of hydrogen-bond donors (Lipinski definition) is 0. The van der Waals surface area contributed by atoms with Gasteiger partial charge in [-0.1, -0.05) is 111 Å². The van der Waals surface area contributed by atoms with Crippen molar-refractivity contribution in [2.45, 2.75) is 149 Å². The molecule has 0 aliphatic rings. The van der Waals surface area contributed by atoms with E-state index in [-0.39, 0.29) is 11.9 Å². The van der Waals surface area contributed by atoms with Crippen molar-refractivity contribution in [2.24, 2.45) is 5.92 Å². The minimum Gasteiger partial charge on any atom is -0.466 e. The first kappa shape index (κ1) is 30.9. The Morgan fingerprint density at radius 2 is 0.906 bits per heavy atom. The van der Waals surface area contributed by atoms with Crippen molar-refractivity contribution in [3.8, 4) is 0 Å². The summed E-state index contributed by atoms with van der Waals surface area (Å²) in [6, 6.07) is 0. The average molecular weight is 455 g/mol. The first-order valence-electron chi connectivity index (χ1n) is 13.9. The van der Waals surface area contributed by atoms with Gasteiger partial charge in [0.05, 0.1) is 13.2 Å². The van der Waals surface area contributed by atoms with Crippen LogP contribution in [0.1, 0.15) is 149 Å². The molecule has 0 aromatic carbocycles. The summed E-state index contributed by atoms with van der Waals surface area (Å²) in [5.74, 6) is 0.503. The molecule has 0 unspecified atom stereocenters. The van der Waals surface area contributed by atoms with Gasteiger partial charge in [-0.05, 0) is 31.6 Å². The normalized spacial score (nSPS) is 11.1. The fourth-order valence-corrected chi connectivity index (χ4v) is 3.83. The fraction of sp³-hybridized carbons (Fsp3) is 0.929. The molecule has 0 fully saturated rings. The summed E-state index contributed by atoms with van der Waals surface area (Å²) < 4.78 is 10.6. The molecule has 0 spiro atoms. The van der Waals surface area contributed by atoms with E-state index in [4.69, 9.17) is 9.47 Å². The highest BCUT2D eigenvalue weighted by Gasteiger charge is 2.06. The van der Waals surface area contributed by atoms with Crippen LogP contribution >= 0.6 is 0 Å². The number of rotatable bonds is 24. The highest BCUT2D eigenvalue weighted by molar-refractivity contribution is 5.70. The van der Waals surface area contributed by atoms with Crippen LogP contribution in [0, 0.1) is 5.92 Å². The van der Waals surface area contributed by atoms with E-state index in [9.17, 15) is 9.59 Å². The summed E-state index contributed by atoms with van der Waals surface area (Å²) >= 11 is 0. The number of hydrogen-bond acceptors (Lipinski definition) is 4. The Labute approximate surface area is 199 Å². The van der Waals surface area contributed by atoms with E-state index in [0.717, 1.165) is 31.6 Å². The molecule has 4 heteroatoms. The number of ether oxygens (including phenoxy) is 2. The molecule has 0 bridgehead atoms. The molecule has 0 atom stereocenters. The van der Waals surface area contributed by atoms with Crippen LogP contribution in [0.15, 0.2) is 0 Å². The number of esters is 2. The molecule has 0 aliphatic carbocycles. The van der Waals surface area contributed by atoms with Gasteiger partial charge in [0, 0.05) is 12.8 Å². The Morgan fingerprint density at radius 1 is 0.531 bits per heavy atom. The molecule has 0 aromatic rings. The monoisotopic (exact) mass is 454 g/mol. The SMILES string of the molecule is CCCCCCCCCCCCCOC(=O)CCCCC(=O)OCCCCCCC(C)C. The van der Waals surface area contributed by atoms with Gasteiger partial charge >= 0.3 is 11.9 Å². The third kappa shape index (κ3) is 25.2. The second-order valence-corrected chi connectivity index (χ2v) is 9.78. The Morgan fingerprint density at radius 3 is 1.31 bits per heavy atom. The molecule has 32 heavy (non-hydrogen) atoms. The van der Waals surface area contributed by atoms with Crippen molar-refractivity contribution in [2.75, 3.05) is 13.2 Å². The third-order valence-corrected chi connectivity index (χ3v) is 5.96. The maximum absolute atomic E-state index is 11.8. The van der Waals surface area contributed by atoms with Gasteiger partial charge in [-0.3, -0.25) is 9.59 Å². The first-order chi connectivity index (χ1) is 15.6. The molecular formula is C28H54O4. The van der Waals surface area contributed by atoms with Gasteiger partial charge in [-0.15, -0.1) is 0 Å². The van der Waals surface area contributed by atoms with E-state index in [1.54, 1.807) is 0 Å². The van der Waals surface area contributed by atoms with Crippen LogP contribution in [0.2, 0.25) is 0 Å². The van der Waals surface area contributed by atoms with Gasteiger partial charge in [0.25, 0.3) is 0 Å². The molecular weight excluding hydrogens is 400 g/mol. The van der Waals surface area contributed by atoms with Crippen LogP contribution in [0.25, 0.3) is 0 Å². The van der Waals surface area contributed by atoms with Crippen molar-refractivity contribution in [1.82, 2.24) is 0 Å². The van der Waals surface area contributed by atoms with Crippen LogP contribution in [-0.2, 0) is 19.1 Å². The predicted octanol–water partition coefficient (Wildman–Crippen LogP) is 8.55. The van der Waals surface area contributed by atoms with Crippen LogP contribution in [0.4, 0.5) is 0 Å². The molecule has 0 saturated carbocycles. The topological polar surface area (TPSA) is 52.6 Å². The predicted molar refractivity (Wildman–Crippen MR) is 135 cm³/mol. The molecule has 0 amide bonds. The van der Waals surface area contributed by atoms with Gasteiger partial charge in [0.1, 0.15) is 0 Å². The van der Waals surface area contributed by atoms with E-state index in [0.29, 0.717) is 38.9 Å². The summed E-state index contributed by atoms with van der Waals surface area (Å²) in [7, 11) is 0. The highest BCUT2D eigenvalue weighted by atomic mass is 16.5. The van der Waals surface area contributed by atoms with E-state index < -0.39 is 0 Å². The van der Waals surface area contributed by atoms with Crippen LogP contribution in [-0.4, -0.2) is 25.2 Å². The zero-order valence-electron chi connectivity index (χ0n) is 21.8. The summed E-state index contributed by atoms with van der Waals surface area (Å²) in [5.41, 5.74) is 0. The van der Waals surface area contributed by atoms with Crippen LogP contribution < -0.4 is 0 Å². The molecule has 0 N–H and O–H groups in total. The quantitative estimate of drug-likeness (QED) is 0.108. The second kappa shape index (κ2) is 24.6. The van der Waals surface area contributed by atoms with Gasteiger partial charge in [-0.25, -0.2) is 0 Å². The molecule has 0 aliphatic heterocycles. The summed E-state index contributed by atoms with van der Waals surface area (Å²) in [6.07, 6.45) is 22.3. The smallest absolute Gasteiger partial charge is 0.305 e. The van der Waals surface area contributed by atoms with E-state index >= 15 is 0 Å². The Balaban J connectivity index is 3.30. The molecule has 0 saturated heterocycles. The lowest BCUT2D eigenvalue weighted by Gasteiger charge is -2.07. The maximum Gasteiger partial charge on any atom is 0.305 e. The van der Waals surface area contributed by atoms with Crippen molar-refractivity contribution in [3.05, 3.63) is 0 Å². The van der Waals surface area contributed by atoms with E-state index in [2.05, 4.69) is 20.8 Å². The Kier molecular flexibility index (Phi) is 23.8. The zero-order valence-corrected chi connectivity index (χ0v) is 21.8. The summed E-state index contributed by atoms with van der Waals surface area (Å²) in [6.45, 7) is 7.83. The van der Waals surface area contributed by atoms with Gasteiger partial charge < -0.3 is 9.47 Å². The maximum atomic E-state index is 11.8.